The number of amides is 2. The van der Waals surface area contributed by atoms with Gasteiger partial charge in [0.1, 0.15) is 0 Å². The van der Waals surface area contributed by atoms with E-state index in [-0.39, 0.29) is 30.5 Å². The maximum Gasteiger partial charge on any atom is 0.328 e. The summed E-state index contributed by atoms with van der Waals surface area (Å²) in [6, 6.07) is 10.1. The predicted octanol–water partition coefficient (Wildman–Crippen LogP) is 0.657. The molecule has 1 fully saturated rings. The molecule has 0 saturated carbocycles. The van der Waals surface area contributed by atoms with Gasteiger partial charge in [-0.15, -0.1) is 0 Å². The van der Waals surface area contributed by atoms with Crippen LogP contribution >= 0.6 is 0 Å². The first-order valence-corrected chi connectivity index (χ1v) is 9.37. The third kappa shape index (κ3) is 3.71. The van der Waals surface area contributed by atoms with E-state index in [0.29, 0.717) is 37.1 Å². The molecule has 0 aliphatic carbocycles. The lowest BCUT2D eigenvalue weighted by atomic mass is 10.2. The standard InChI is InChI=1S/C20H20N4O5/c25-17(22-9-11-23(12-10-22)19(27)16-6-3-13-29-16)7-8-24-15-5-2-1-4-14(15)18(26)21-20(24)28/h1-6,13H,7-12H2,(H,21,26,28). The Bertz CT molecular complexity index is 1150. The number of aromatic nitrogens is 2. The van der Waals surface area contributed by atoms with Gasteiger partial charge in [-0.2, -0.15) is 0 Å². The summed E-state index contributed by atoms with van der Waals surface area (Å²) in [6.07, 6.45) is 1.58. The number of hydrogen-bond donors (Lipinski definition) is 1. The van der Waals surface area contributed by atoms with Gasteiger partial charge in [0.05, 0.1) is 17.2 Å². The molecule has 3 aromatic rings. The van der Waals surface area contributed by atoms with Crippen LogP contribution in [0.1, 0.15) is 17.0 Å². The van der Waals surface area contributed by atoms with Gasteiger partial charge in [-0.05, 0) is 24.3 Å². The fraction of sp³-hybridized carbons (Fsp3) is 0.300. The summed E-state index contributed by atoms with van der Waals surface area (Å²) in [5.74, 6) is -0.000241. The van der Waals surface area contributed by atoms with Crippen molar-refractivity contribution in [3.63, 3.8) is 0 Å². The Morgan fingerprint density at radius 2 is 1.69 bits per heavy atom. The maximum atomic E-state index is 12.6. The van der Waals surface area contributed by atoms with Crippen molar-refractivity contribution in [2.75, 3.05) is 26.2 Å². The molecule has 0 radical (unpaired) electrons. The predicted molar refractivity (Wildman–Crippen MR) is 105 cm³/mol. The van der Waals surface area contributed by atoms with Crippen LogP contribution in [0.15, 0.2) is 56.7 Å². The highest BCUT2D eigenvalue weighted by atomic mass is 16.3. The van der Waals surface area contributed by atoms with Crippen molar-refractivity contribution >= 4 is 22.7 Å². The van der Waals surface area contributed by atoms with Crippen LogP contribution in [0.3, 0.4) is 0 Å². The Morgan fingerprint density at radius 3 is 2.41 bits per heavy atom. The number of carbonyl (C=O) groups excluding carboxylic acids is 2. The van der Waals surface area contributed by atoms with Gasteiger partial charge in [0.2, 0.25) is 5.91 Å². The number of aryl methyl sites for hydroxylation is 1. The number of benzene rings is 1. The summed E-state index contributed by atoms with van der Waals surface area (Å²) in [5, 5.41) is 0.407. The Morgan fingerprint density at radius 1 is 0.966 bits per heavy atom. The Hall–Kier alpha value is -3.62. The van der Waals surface area contributed by atoms with E-state index in [1.165, 1.54) is 10.8 Å². The first-order valence-electron chi connectivity index (χ1n) is 9.37. The molecule has 4 rings (SSSR count). The number of carbonyl (C=O) groups is 2. The van der Waals surface area contributed by atoms with E-state index in [2.05, 4.69) is 4.98 Å². The topological polar surface area (TPSA) is 109 Å². The molecule has 0 atom stereocenters. The van der Waals surface area contributed by atoms with Gasteiger partial charge in [-0.1, -0.05) is 12.1 Å². The first-order chi connectivity index (χ1) is 14.0. The lowest BCUT2D eigenvalue weighted by Crippen LogP contribution is -2.50. The molecule has 9 heteroatoms. The number of nitrogens with one attached hydrogen (secondary N) is 1. The quantitative estimate of drug-likeness (QED) is 0.697. The molecule has 1 aliphatic heterocycles. The second-order valence-corrected chi connectivity index (χ2v) is 6.83. The molecule has 9 nitrogen and oxygen atoms in total. The molecule has 1 N–H and O–H groups in total. The molecule has 1 saturated heterocycles. The van der Waals surface area contributed by atoms with Crippen molar-refractivity contribution in [2.24, 2.45) is 0 Å². The summed E-state index contributed by atoms with van der Waals surface area (Å²) in [4.78, 5) is 54.7. The average molecular weight is 396 g/mol. The van der Waals surface area contributed by atoms with Crippen molar-refractivity contribution in [3.8, 4) is 0 Å². The van der Waals surface area contributed by atoms with Crippen LogP contribution in [0.5, 0.6) is 0 Å². The Kier molecular flexibility index (Phi) is 5.03. The molecule has 29 heavy (non-hydrogen) atoms. The number of H-pyrrole nitrogens is 1. The minimum absolute atomic E-state index is 0.0997. The van der Waals surface area contributed by atoms with E-state index in [1.807, 2.05) is 0 Å². The minimum Gasteiger partial charge on any atom is -0.459 e. The van der Waals surface area contributed by atoms with E-state index < -0.39 is 11.2 Å². The number of fused-ring (bicyclic) bond motifs is 1. The number of nitrogens with zero attached hydrogens (tertiary/aromatic N) is 3. The zero-order valence-corrected chi connectivity index (χ0v) is 15.7. The van der Waals surface area contributed by atoms with Crippen molar-refractivity contribution in [3.05, 3.63) is 69.3 Å². The SMILES string of the molecule is O=C(CCn1c(=O)[nH]c(=O)c2ccccc21)N1CCN(C(=O)c2ccco2)CC1. The van der Waals surface area contributed by atoms with E-state index in [0.717, 1.165) is 0 Å². The first kappa shape index (κ1) is 18.7. The maximum absolute atomic E-state index is 12.6. The number of furan rings is 1. The van der Waals surface area contributed by atoms with Crippen molar-refractivity contribution in [2.45, 2.75) is 13.0 Å². The third-order valence-electron chi connectivity index (χ3n) is 5.11. The number of rotatable bonds is 4. The second-order valence-electron chi connectivity index (χ2n) is 6.83. The van der Waals surface area contributed by atoms with Gasteiger partial charge in [0.15, 0.2) is 5.76 Å². The molecule has 2 aromatic heterocycles. The molecular weight excluding hydrogens is 376 g/mol. The summed E-state index contributed by atoms with van der Waals surface area (Å²) in [5.41, 5.74) is -0.469. The summed E-state index contributed by atoms with van der Waals surface area (Å²) in [7, 11) is 0. The molecule has 150 valence electrons. The lowest BCUT2D eigenvalue weighted by molar-refractivity contribution is -0.132. The zero-order chi connectivity index (χ0) is 20.4. The normalized spacial score (nSPS) is 14.3. The summed E-state index contributed by atoms with van der Waals surface area (Å²) < 4.78 is 6.54. The van der Waals surface area contributed by atoms with Crippen LogP contribution in [0.2, 0.25) is 0 Å². The van der Waals surface area contributed by atoms with E-state index >= 15 is 0 Å². The van der Waals surface area contributed by atoms with Crippen molar-refractivity contribution in [1.29, 1.82) is 0 Å². The van der Waals surface area contributed by atoms with Crippen LogP contribution in [0.25, 0.3) is 10.9 Å². The molecule has 0 bridgehead atoms. The summed E-state index contributed by atoms with van der Waals surface area (Å²) in [6.45, 7) is 1.86. The highest BCUT2D eigenvalue weighted by Gasteiger charge is 2.26. The van der Waals surface area contributed by atoms with Gasteiger partial charge in [0.25, 0.3) is 11.5 Å². The smallest absolute Gasteiger partial charge is 0.328 e. The molecule has 2 amide bonds. The van der Waals surface area contributed by atoms with Crippen LogP contribution in [0.4, 0.5) is 0 Å². The van der Waals surface area contributed by atoms with Crippen molar-refractivity contribution in [1.82, 2.24) is 19.4 Å². The fourth-order valence-corrected chi connectivity index (χ4v) is 3.54. The minimum atomic E-state index is -0.532. The van der Waals surface area contributed by atoms with Crippen LogP contribution in [-0.4, -0.2) is 57.3 Å². The molecular formula is C20H20N4O5. The largest absolute Gasteiger partial charge is 0.459 e. The Balaban J connectivity index is 1.39. The van der Waals surface area contributed by atoms with Crippen LogP contribution in [-0.2, 0) is 11.3 Å². The molecule has 0 unspecified atom stereocenters. The highest BCUT2D eigenvalue weighted by Crippen LogP contribution is 2.11. The number of hydrogen-bond acceptors (Lipinski definition) is 5. The van der Waals surface area contributed by atoms with Gasteiger partial charge >= 0.3 is 5.69 Å². The molecule has 3 heterocycles. The third-order valence-corrected chi connectivity index (χ3v) is 5.11. The van der Waals surface area contributed by atoms with Crippen molar-refractivity contribution < 1.29 is 14.0 Å². The number of para-hydroxylation sites is 1. The number of piperazine rings is 1. The van der Waals surface area contributed by atoms with Crippen LogP contribution < -0.4 is 11.2 Å². The molecule has 1 aliphatic rings. The van der Waals surface area contributed by atoms with Gasteiger partial charge in [-0.25, -0.2) is 4.79 Å². The van der Waals surface area contributed by atoms with Gasteiger partial charge < -0.3 is 14.2 Å². The highest BCUT2D eigenvalue weighted by molar-refractivity contribution is 5.91. The molecule has 1 aromatic carbocycles. The van der Waals surface area contributed by atoms with Gasteiger partial charge in [0, 0.05) is 39.1 Å². The molecule has 0 spiro atoms. The summed E-state index contributed by atoms with van der Waals surface area (Å²) >= 11 is 0. The van der Waals surface area contributed by atoms with E-state index in [9.17, 15) is 19.2 Å². The fourth-order valence-electron chi connectivity index (χ4n) is 3.54. The van der Waals surface area contributed by atoms with Gasteiger partial charge in [-0.3, -0.25) is 23.9 Å². The number of aromatic amines is 1. The Labute approximate surface area is 165 Å². The van der Waals surface area contributed by atoms with Crippen LogP contribution in [0, 0.1) is 0 Å². The monoisotopic (exact) mass is 396 g/mol. The van der Waals surface area contributed by atoms with E-state index in [1.54, 1.807) is 46.2 Å². The zero-order valence-electron chi connectivity index (χ0n) is 15.7. The van der Waals surface area contributed by atoms with E-state index in [4.69, 9.17) is 4.42 Å². The average Bonchev–Trinajstić information content (AvgIpc) is 3.28. The second kappa shape index (κ2) is 7.78. The lowest BCUT2D eigenvalue weighted by Gasteiger charge is -2.34.